The van der Waals surface area contributed by atoms with Crippen LogP contribution in [0.1, 0.15) is 53.7 Å². The van der Waals surface area contributed by atoms with E-state index in [0.29, 0.717) is 12.8 Å². The summed E-state index contributed by atoms with van der Waals surface area (Å²) in [7, 11) is -3.85. The number of pyridine rings is 1. The van der Waals surface area contributed by atoms with Crippen molar-refractivity contribution in [2.24, 2.45) is 5.92 Å². The fraction of sp³-hybridized carbons (Fsp3) is 0.650. The second kappa shape index (κ2) is 7.90. The molecule has 0 amide bonds. The van der Waals surface area contributed by atoms with Crippen LogP contribution in [-0.2, 0) is 10.0 Å². The number of rotatable bonds is 4. The van der Waals surface area contributed by atoms with Crippen LogP contribution in [0, 0.1) is 12.8 Å². The summed E-state index contributed by atoms with van der Waals surface area (Å²) in [6.45, 7) is -2.12. The van der Waals surface area contributed by atoms with E-state index < -0.39 is 72.0 Å². The van der Waals surface area contributed by atoms with Crippen molar-refractivity contribution in [3.63, 3.8) is 0 Å². The molecule has 3 heterocycles. The van der Waals surface area contributed by atoms with Crippen molar-refractivity contribution in [1.82, 2.24) is 18.8 Å². The SMILES string of the molecule is [2H]C([2H])([2H])c1cc2cnc(NC3C([2H])([2H])CN(S(C)(=O)=O)CC3([2H])[2H])nc2n([C@H]2CC[C@H](O)[C@H]2C)c1=O. The molecule has 0 radical (unpaired) electrons. The van der Waals surface area contributed by atoms with Crippen molar-refractivity contribution in [3.8, 4) is 0 Å². The second-order valence-corrected chi connectivity index (χ2v) is 9.78. The van der Waals surface area contributed by atoms with Gasteiger partial charge in [-0.3, -0.25) is 9.36 Å². The van der Waals surface area contributed by atoms with Crippen LogP contribution in [0.25, 0.3) is 11.0 Å². The average molecular weight is 443 g/mol. The van der Waals surface area contributed by atoms with Gasteiger partial charge in [-0.25, -0.2) is 17.7 Å². The quantitative estimate of drug-likeness (QED) is 0.732. The molecule has 2 N–H and O–H groups in total. The van der Waals surface area contributed by atoms with Crippen molar-refractivity contribution < 1.29 is 23.1 Å². The summed E-state index contributed by atoms with van der Waals surface area (Å²) in [4.78, 5) is 21.8. The molecule has 0 aromatic carbocycles. The molecule has 1 saturated carbocycles. The van der Waals surface area contributed by atoms with Crippen LogP contribution in [0.2, 0.25) is 0 Å². The summed E-state index contributed by atoms with van der Waals surface area (Å²) >= 11 is 0. The number of aromatic nitrogens is 3. The lowest BCUT2D eigenvalue weighted by Gasteiger charge is -2.30. The topological polar surface area (TPSA) is 117 Å². The normalized spacial score (nSPS) is 33.6. The fourth-order valence-electron chi connectivity index (χ4n) is 3.97. The summed E-state index contributed by atoms with van der Waals surface area (Å²) in [6.07, 6.45) is -2.43. The molecular formula is C20H29N5O4S. The van der Waals surface area contributed by atoms with Gasteiger partial charge >= 0.3 is 0 Å². The highest BCUT2D eigenvalue weighted by Crippen LogP contribution is 2.36. The van der Waals surface area contributed by atoms with E-state index in [0.717, 1.165) is 10.6 Å². The van der Waals surface area contributed by atoms with Gasteiger partial charge in [0.2, 0.25) is 16.0 Å². The van der Waals surface area contributed by atoms with E-state index in [1.165, 1.54) is 16.8 Å². The monoisotopic (exact) mass is 442 g/mol. The zero-order valence-corrected chi connectivity index (χ0v) is 17.5. The van der Waals surface area contributed by atoms with Gasteiger partial charge in [0.15, 0.2) is 0 Å². The summed E-state index contributed by atoms with van der Waals surface area (Å²) in [5.41, 5.74) is -1.13. The highest BCUT2D eigenvalue weighted by Gasteiger charge is 2.34. The molecule has 4 rings (SSSR count). The fourth-order valence-corrected chi connectivity index (χ4v) is 4.58. The van der Waals surface area contributed by atoms with E-state index in [9.17, 15) is 18.3 Å². The van der Waals surface area contributed by atoms with Crippen LogP contribution in [0.4, 0.5) is 5.95 Å². The average Bonchev–Trinajstić information content (AvgIpc) is 3.06. The van der Waals surface area contributed by atoms with Gasteiger partial charge in [-0.05, 0) is 38.5 Å². The Morgan fingerprint density at radius 3 is 2.67 bits per heavy atom. The molecule has 30 heavy (non-hydrogen) atoms. The maximum atomic E-state index is 13.4. The van der Waals surface area contributed by atoms with Crippen molar-refractivity contribution in [2.45, 2.75) is 57.6 Å². The van der Waals surface area contributed by atoms with Crippen LogP contribution in [-0.4, -0.2) is 63.9 Å². The van der Waals surface area contributed by atoms with Gasteiger partial charge in [-0.1, -0.05) is 6.92 Å². The number of anilines is 1. The van der Waals surface area contributed by atoms with Crippen molar-refractivity contribution in [2.75, 3.05) is 24.7 Å². The summed E-state index contributed by atoms with van der Waals surface area (Å²) in [6, 6.07) is -0.903. The Morgan fingerprint density at radius 1 is 1.33 bits per heavy atom. The Hall–Kier alpha value is -2.04. The molecule has 9 nitrogen and oxygen atoms in total. The number of fused-ring (bicyclic) bond motifs is 1. The van der Waals surface area contributed by atoms with Crippen LogP contribution >= 0.6 is 0 Å². The molecule has 2 fully saturated rings. The predicted octanol–water partition coefficient (Wildman–Crippen LogP) is 1.27. The summed E-state index contributed by atoms with van der Waals surface area (Å²) in [5.74, 6) is -0.582. The van der Waals surface area contributed by atoms with Crippen molar-refractivity contribution >= 4 is 27.0 Å². The lowest BCUT2D eigenvalue weighted by Crippen LogP contribution is -2.42. The summed E-state index contributed by atoms with van der Waals surface area (Å²) in [5, 5.41) is 13.2. The molecular weight excluding hydrogens is 406 g/mol. The lowest BCUT2D eigenvalue weighted by molar-refractivity contribution is 0.129. The molecule has 1 saturated heterocycles. The van der Waals surface area contributed by atoms with E-state index in [4.69, 9.17) is 9.60 Å². The number of aliphatic hydroxyl groups excluding tert-OH is 1. The van der Waals surface area contributed by atoms with Gasteiger partial charge in [-0.2, -0.15) is 4.98 Å². The van der Waals surface area contributed by atoms with E-state index in [1.54, 1.807) is 6.92 Å². The first kappa shape index (κ1) is 14.1. The zero-order chi connectivity index (χ0) is 27.7. The molecule has 1 aliphatic heterocycles. The molecule has 0 unspecified atom stereocenters. The molecule has 2 aromatic heterocycles. The molecule has 0 bridgehead atoms. The third-order valence-electron chi connectivity index (χ3n) is 5.76. The molecule has 0 spiro atoms. The third-order valence-corrected chi connectivity index (χ3v) is 6.96. The van der Waals surface area contributed by atoms with Gasteiger partial charge in [0.1, 0.15) is 5.65 Å². The predicted molar refractivity (Wildman–Crippen MR) is 115 cm³/mol. The highest BCUT2D eigenvalue weighted by molar-refractivity contribution is 7.88. The van der Waals surface area contributed by atoms with Gasteiger partial charge in [-0.15, -0.1) is 0 Å². The number of hydrogen-bond donors (Lipinski definition) is 2. The molecule has 3 atom stereocenters. The van der Waals surface area contributed by atoms with E-state index in [-0.39, 0.29) is 22.9 Å². The second-order valence-electron chi connectivity index (χ2n) is 7.79. The molecule has 1 aliphatic carbocycles. The maximum Gasteiger partial charge on any atom is 0.255 e. The third kappa shape index (κ3) is 3.95. The summed E-state index contributed by atoms with van der Waals surface area (Å²) < 4.78 is 82.8. The standard InChI is InChI=1S/C20H29N5O4S/c1-12-10-14-11-21-20(22-15-6-8-24(9-7-15)30(3,28)29)23-18(14)25(19(12)27)16-4-5-17(26)13(16)2/h10-11,13,15-17,26H,4-9H2,1-3H3,(H,21,22,23)/t13-,16-,17-/m0/s1/i1D3,6D2,7D2. The van der Waals surface area contributed by atoms with Crippen molar-refractivity contribution in [1.29, 1.82) is 0 Å². The maximum absolute atomic E-state index is 13.4. The number of hydrogen-bond acceptors (Lipinski definition) is 7. The van der Waals surface area contributed by atoms with Gasteiger partial charge in [0.05, 0.1) is 12.4 Å². The van der Waals surface area contributed by atoms with Gasteiger partial charge in [0, 0.05) is 57.8 Å². The molecule has 2 aromatic rings. The van der Waals surface area contributed by atoms with E-state index in [2.05, 4.69) is 15.3 Å². The zero-order valence-electron chi connectivity index (χ0n) is 23.7. The number of nitrogens with one attached hydrogen (secondary N) is 1. The minimum Gasteiger partial charge on any atom is -0.393 e. The minimum atomic E-state index is -3.85. The first-order chi connectivity index (χ1) is 16.8. The Balaban J connectivity index is 1.82. The Labute approximate surface area is 186 Å². The Bertz CT molecular complexity index is 1360. The number of piperidine rings is 1. The first-order valence-electron chi connectivity index (χ1n) is 13.2. The Kier molecular flexibility index (Phi) is 3.71. The molecule has 2 aliphatic rings. The van der Waals surface area contributed by atoms with Crippen LogP contribution < -0.4 is 10.9 Å². The van der Waals surface area contributed by atoms with E-state index >= 15 is 0 Å². The largest absolute Gasteiger partial charge is 0.393 e. The van der Waals surface area contributed by atoms with Crippen LogP contribution in [0.5, 0.6) is 0 Å². The number of nitrogens with zero attached hydrogens (tertiary/aromatic N) is 4. The van der Waals surface area contributed by atoms with Crippen LogP contribution in [0.3, 0.4) is 0 Å². The molecule has 164 valence electrons. The Morgan fingerprint density at radius 2 is 2.07 bits per heavy atom. The highest BCUT2D eigenvalue weighted by atomic mass is 32.2. The number of aliphatic hydroxyl groups is 1. The number of aryl methyl sites for hydroxylation is 1. The lowest BCUT2D eigenvalue weighted by atomic mass is 10.0. The number of sulfonamides is 1. The van der Waals surface area contributed by atoms with Crippen molar-refractivity contribution in [3.05, 3.63) is 28.2 Å². The smallest absolute Gasteiger partial charge is 0.255 e. The minimum absolute atomic E-state index is 0.0659. The van der Waals surface area contributed by atoms with Gasteiger partial charge < -0.3 is 10.4 Å². The molecule has 10 heteroatoms. The van der Waals surface area contributed by atoms with Crippen LogP contribution in [0.15, 0.2) is 17.1 Å². The van der Waals surface area contributed by atoms with E-state index in [1.807, 2.05) is 0 Å². The van der Waals surface area contributed by atoms with Gasteiger partial charge in [0.25, 0.3) is 5.56 Å². The first-order valence-corrected chi connectivity index (χ1v) is 11.5.